The molecule has 0 aliphatic heterocycles. The lowest BCUT2D eigenvalue weighted by molar-refractivity contribution is 0.371. The van der Waals surface area contributed by atoms with Crippen molar-refractivity contribution in [2.45, 2.75) is 25.4 Å². The summed E-state index contributed by atoms with van der Waals surface area (Å²) in [7, 11) is -2.53. The third kappa shape index (κ3) is 5.36. The number of anilines is 2. The van der Waals surface area contributed by atoms with Gasteiger partial charge in [-0.2, -0.15) is 8.42 Å². The second kappa shape index (κ2) is 9.88. The van der Waals surface area contributed by atoms with Crippen molar-refractivity contribution < 1.29 is 22.7 Å². The van der Waals surface area contributed by atoms with Crippen molar-refractivity contribution in [3.8, 4) is 22.8 Å². The quantitative estimate of drug-likeness (QED) is 0.300. The first-order chi connectivity index (χ1) is 16.7. The van der Waals surface area contributed by atoms with E-state index in [9.17, 15) is 17.9 Å². The largest absolute Gasteiger partial charge is 0.504 e. The maximum absolute atomic E-state index is 13.9. The van der Waals surface area contributed by atoms with Gasteiger partial charge < -0.3 is 15.2 Å². The Morgan fingerprint density at radius 2 is 1.94 bits per heavy atom. The zero-order valence-electron chi connectivity index (χ0n) is 19.2. The van der Waals surface area contributed by atoms with Gasteiger partial charge in [0.25, 0.3) is 10.0 Å². The van der Waals surface area contributed by atoms with Crippen LogP contribution in [0.5, 0.6) is 11.5 Å². The Morgan fingerprint density at radius 3 is 2.66 bits per heavy atom. The van der Waals surface area contributed by atoms with Gasteiger partial charge in [0, 0.05) is 23.1 Å². The van der Waals surface area contributed by atoms with Crippen LogP contribution in [0.3, 0.4) is 0 Å². The topological polar surface area (TPSA) is 113 Å². The number of hydrogen-bond acceptors (Lipinski definition) is 8. The van der Waals surface area contributed by atoms with Crippen molar-refractivity contribution in [3.05, 3.63) is 76.5 Å². The molecule has 0 fully saturated rings. The number of methoxy groups -OCH3 is 1. The van der Waals surface area contributed by atoms with Gasteiger partial charge >= 0.3 is 0 Å². The number of nitrogens with zero attached hydrogens (tertiary/aromatic N) is 2. The molecule has 2 aromatic carbocycles. The SMILES string of the molecule is COc1cccc(CNc2cnc(S(=O)(=O)Nc3nc(-c4ccc(C)c(F)c4)cs3)c(C)c2)c1O. The molecule has 0 saturated heterocycles. The summed E-state index contributed by atoms with van der Waals surface area (Å²) in [5.41, 5.74) is 3.17. The van der Waals surface area contributed by atoms with Crippen molar-refractivity contribution >= 4 is 32.2 Å². The molecule has 3 N–H and O–H groups in total. The number of phenolic OH excluding ortho intramolecular Hbond substituents is 1. The van der Waals surface area contributed by atoms with Crippen LogP contribution in [-0.2, 0) is 16.6 Å². The van der Waals surface area contributed by atoms with Crippen LogP contribution in [-0.4, -0.2) is 30.6 Å². The highest BCUT2D eigenvalue weighted by Gasteiger charge is 2.21. The third-order valence-electron chi connectivity index (χ3n) is 5.26. The Balaban J connectivity index is 1.48. The lowest BCUT2D eigenvalue weighted by Gasteiger charge is -2.12. The Morgan fingerprint density at radius 1 is 1.14 bits per heavy atom. The molecule has 4 rings (SSSR count). The highest BCUT2D eigenvalue weighted by molar-refractivity contribution is 7.92. The van der Waals surface area contributed by atoms with Gasteiger partial charge in [0.2, 0.25) is 0 Å². The van der Waals surface area contributed by atoms with Gasteiger partial charge in [-0.05, 0) is 43.2 Å². The number of benzene rings is 2. The number of aromatic hydroxyl groups is 1. The summed E-state index contributed by atoms with van der Waals surface area (Å²) in [6, 6.07) is 11.6. The van der Waals surface area contributed by atoms with Gasteiger partial charge in [0.15, 0.2) is 21.7 Å². The molecule has 0 aliphatic rings. The summed E-state index contributed by atoms with van der Waals surface area (Å²) in [6.07, 6.45) is 1.40. The van der Waals surface area contributed by atoms with E-state index in [-0.39, 0.29) is 28.3 Å². The van der Waals surface area contributed by atoms with E-state index in [1.54, 1.807) is 55.6 Å². The molecular weight excluding hydrogens is 491 g/mol. The second-order valence-electron chi connectivity index (χ2n) is 7.77. The summed E-state index contributed by atoms with van der Waals surface area (Å²) >= 11 is 1.10. The van der Waals surface area contributed by atoms with Crippen molar-refractivity contribution in [2.75, 3.05) is 17.1 Å². The monoisotopic (exact) mass is 514 g/mol. The van der Waals surface area contributed by atoms with Crippen LogP contribution >= 0.6 is 11.3 Å². The first kappa shape index (κ1) is 24.4. The third-order valence-corrected chi connectivity index (χ3v) is 7.55. The van der Waals surface area contributed by atoms with Crippen LogP contribution in [0.1, 0.15) is 16.7 Å². The van der Waals surface area contributed by atoms with E-state index in [4.69, 9.17) is 4.74 Å². The minimum Gasteiger partial charge on any atom is -0.504 e. The average molecular weight is 515 g/mol. The molecule has 0 amide bonds. The van der Waals surface area contributed by atoms with Crippen molar-refractivity contribution in [2.24, 2.45) is 0 Å². The molecule has 0 unspecified atom stereocenters. The number of rotatable bonds is 8. The summed E-state index contributed by atoms with van der Waals surface area (Å²) in [6.45, 7) is 3.59. The van der Waals surface area contributed by atoms with Crippen molar-refractivity contribution in [1.29, 1.82) is 0 Å². The Hall–Kier alpha value is -3.70. The maximum atomic E-state index is 13.9. The van der Waals surface area contributed by atoms with Gasteiger partial charge in [-0.15, -0.1) is 11.3 Å². The lowest BCUT2D eigenvalue weighted by atomic mass is 10.1. The molecule has 0 saturated carbocycles. The van der Waals surface area contributed by atoms with Gasteiger partial charge in [-0.1, -0.05) is 24.3 Å². The van der Waals surface area contributed by atoms with Crippen molar-refractivity contribution in [3.63, 3.8) is 0 Å². The minimum atomic E-state index is -4.00. The molecule has 0 aliphatic carbocycles. The summed E-state index contributed by atoms with van der Waals surface area (Å²) < 4.78 is 47.3. The molecule has 35 heavy (non-hydrogen) atoms. The molecule has 0 radical (unpaired) electrons. The number of sulfonamides is 1. The number of phenols is 1. The fourth-order valence-electron chi connectivity index (χ4n) is 3.38. The molecule has 4 aromatic rings. The number of halogens is 1. The van der Waals surface area contributed by atoms with E-state index in [1.165, 1.54) is 19.4 Å². The maximum Gasteiger partial charge on any atom is 0.281 e. The number of hydrogen-bond donors (Lipinski definition) is 3. The first-order valence-electron chi connectivity index (χ1n) is 10.5. The van der Waals surface area contributed by atoms with E-state index < -0.39 is 10.0 Å². The standard InChI is InChI=1S/C24H23FN4O4S2/c1-14-7-8-16(10-19(14)25)20-13-34-24(28-20)29-35(31,32)23-15(2)9-18(12-27-23)26-11-17-5-4-6-21(33-3)22(17)30/h4-10,12-13,26,30H,11H2,1-3H3,(H,28,29). The Labute approximate surface area is 206 Å². The minimum absolute atomic E-state index is 0.0340. The van der Waals surface area contributed by atoms with E-state index >= 15 is 0 Å². The molecule has 0 spiro atoms. The normalized spacial score (nSPS) is 11.3. The second-order valence-corrected chi connectivity index (χ2v) is 10.2. The number of ether oxygens (including phenoxy) is 1. The predicted molar refractivity (Wildman–Crippen MR) is 134 cm³/mol. The smallest absolute Gasteiger partial charge is 0.281 e. The number of pyridine rings is 1. The van der Waals surface area contributed by atoms with E-state index in [0.717, 1.165) is 11.3 Å². The van der Waals surface area contributed by atoms with E-state index in [2.05, 4.69) is 20.0 Å². The molecule has 8 nitrogen and oxygen atoms in total. The fraction of sp³-hybridized carbons (Fsp3) is 0.167. The number of aryl methyl sites for hydroxylation is 2. The van der Waals surface area contributed by atoms with Crippen LogP contribution in [0.2, 0.25) is 0 Å². The average Bonchev–Trinajstić information content (AvgIpc) is 3.27. The summed E-state index contributed by atoms with van der Waals surface area (Å²) in [4.78, 5) is 8.41. The van der Waals surface area contributed by atoms with E-state index in [1.807, 2.05) is 0 Å². The zero-order valence-corrected chi connectivity index (χ0v) is 20.8. The molecule has 0 bridgehead atoms. The molecular formula is C24H23FN4O4S2. The number of thiazole rings is 1. The first-order valence-corrected chi connectivity index (χ1v) is 12.8. The van der Waals surface area contributed by atoms with Crippen LogP contribution in [0.4, 0.5) is 15.2 Å². The number of nitrogens with one attached hydrogen (secondary N) is 2. The van der Waals surface area contributed by atoms with E-state index in [0.29, 0.717) is 39.4 Å². The molecule has 0 atom stereocenters. The number of aromatic nitrogens is 2. The highest BCUT2D eigenvalue weighted by Crippen LogP contribution is 2.31. The van der Waals surface area contributed by atoms with Gasteiger partial charge in [0.1, 0.15) is 5.82 Å². The predicted octanol–water partition coefficient (Wildman–Crippen LogP) is 5.09. The Kier molecular flexibility index (Phi) is 6.90. The molecule has 182 valence electrons. The molecule has 11 heteroatoms. The fourth-order valence-corrected chi connectivity index (χ4v) is 5.51. The van der Waals surface area contributed by atoms with Crippen LogP contribution in [0.25, 0.3) is 11.3 Å². The van der Waals surface area contributed by atoms with Gasteiger partial charge in [-0.3, -0.25) is 4.72 Å². The van der Waals surface area contributed by atoms with Crippen LogP contribution in [0.15, 0.2) is 59.1 Å². The molecule has 2 aromatic heterocycles. The van der Waals surface area contributed by atoms with Crippen LogP contribution < -0.4 is 14.8 Å². The van der Waals surface area contributed by atoms with Crippen LogP contribution in [0, 0.1) is 19.7 Å². The number of para-hydroxylation sites is 1. The molecule has 2 heterocycles. The Bertz CT molecular complexity index is 1490. The summed E-state index contributed by atoms with van der Waals surface area (Å²) in [5, 5.41) is 15.0. The van der Waals surface area contributed by atoms with Crippen molar-refractivity contribution in [1.82, 2.24) is 9.97 Å². The lowest BCUT2D eigenvalue weighted by Crippen LogP contribution is -2.16. The van der Waals surface area contributed by atoms with Gasteiger partial charge in [0.05, 0.1) is 24.7 Å². The highest BCUT2D eigenvalue weighted by atomic mass is 32.2. The van der Waals surface area contributed by atoms with Gasteiger partial charge in [-0.25, -0.2) is 14.4 Å². The summed E-state index contributed by atoms with van der Waals surface area (Å²) in [5.74, 6) is 0.0449. The zero-order chi connectivity index (χ0) is 25.2.